The van der Waals surface area contributed by atoms with Crippen LogP contribution in [0.4, 0.5) is 0 Å². The number of hydrogen-bond acceptors (Lipinski definition) is 27. The van der Waals surface area contributed by atoms with E-state index in [1.54, 1.807) is 31.4 Å². The van der Waals surface area contributed by atoms with Crippen LogP contribution in [0.3, 0.4) is 0 Å². The number of rotatable bonds is 27. The molecule has 0 aliphatic carbocycles. The van der Waals surface area contributed by atoms with Gasteiger partial charge in [0, 0.05) is 51.8 Å². The van der Waals surface area contributed by atoms with E-state index in [9.17, 15) is 0 Å². The van der Waals surface area contributed by atoms with Crippen LogP contribution in [0.1, 0.15) is 100 Å². The Hall–Kier alpha value is 2.17. The lowest BCUT2D eigenvalue weighted by Crippen LogP contribution is -2.03. The van der Waals surface area contributed by atoms with Crippen molar-refractivity contribution in [3.05, 3.63) is 329 Å². The lowest BCUT2D eigenvalue weighted by atomic mass is 9.96. The zero-order chi connectivity index (χ0) is 83.5. The van der Waals surface area contributed by atoms with Gasteiger partial charge in [-0.25, -0.2) is 0 Å². The van der Waals surface area contributed by atoms with Crippen LogP contribution in [0.25, 0.3) is 0 Å². The van der Waals surface area contributed by atoms with Gasteiger partial charge in [-0.2, -0.15) is 227 Å². The first-order valence-electron chi connectivity index (χ1n) is 36.8. The van der Waals surface area contributed by atoms with Crippen molar-refractivity contribution in [1.29, 1.82) is 0 Å². The van der Waals surface area contributed by atoms with Gasteiger partial charge in [-0.3, -0.25) is 0 Å². The molecule has 0 N–H and O–H groups in total. The summed E-state index contributed by atoms with van der Waals surface area (Å²) in [5.41, 5.74) is 24.0. The van der Waals surface area contributed by atoms with Crippen molar-refractivity contribution in [1.82, 2.24) is 0 Å². The molecule has 2 saturated heterocycles. The molecule has 0 nitrogen and oxygen atoms in total. The minimum Gasteiger partial charge on any atom is -0.179 e. The molecule has 0 spiro atoms. The fraction of sp³-hybridized carbons (Fsp3) is 0.356. The molecule has 0 unspecified atom stereocenters. The predicted molar refractivity (Wildman–Crippen MR) is 607 cm³/mol. The average Bonchev–Trinajstić information content (AvgIpc) is 1.23. The first-order valence-corrected chi connectivity index (χ1v) is 59.0. The molecule has 0 saturated carbocycles. The Morgan fingerprint density at radius 3 is 0.754 bits per heavy atom. The quantitative estimate of drug-likeness (QED) is 0.0178. The summed E-state index contributed by atoms with van der Waals surface area (Å²) in [4.78, 5) is 0. The van der Waals surface area contributed by atoms with Gasteiger partial charge in [0.2, 0.25) is 0 Å². The predicted octanol–water partition coefficient (Wildman–Crippen LogP) is 29.9. The van der Waals surface area contributed by atoms with E-state index in [1.165, 1.54) is 120 Å². The van der Waals surface area contributed by atoms with Crippen LogP contribution < -0.4 is 0 Å². The van der Waals surface area contributed by atoms with Crippen LogP contribution in [-0.4, -0.2) is 72.1 Å². The van der Waals surface area contributed by atoms with E-state index >= 15 is 0 Å². The third-order valence-electron chi connectivity index (χ3n) is 15.5. The molecule has 0 amide bonds. The van der Waals surface area contributed by atoms with E-state index in [4.69, 9.17) is 0 Å². The van der Waals surface area contributed by atoms with Gasteiger partial charge in [0.05, 0.1) is 20.3 Å². The maximum Gasteiger partial charge on any atom is 0.0505 e. The average molecular weight is 2030 g/mol. The minimum absolute atomic E-state index is 0.770. The van der Waals surface area contributed by atoms with Crippen LogP contribution >= 0.6 is 325 Å². The van der Waals surface area contributed by atoms with E-state index in [0.717, 1.165) is 161 Å². The van der Waals surface area contributed by atoms with Crippen molar-refractivity contribution in [2.24, 2.45) is 0 Å². The normalized spacial score (nSPS) is 11.7. The summed E-state index contributed by atoms with van der Waals surface area (Å²) in [6.45, 7) is 0. The molecular weight excluding hydrogens is 1910 g/mol. The molecule has 0 aromatic heterocycles. The molecule has 9 aromatic rings. The number of thiol groups is 18. The molecule has 0 atom stereocenters. The molecule has 0 bridgehead atoms. The smallest absolute Gasteiger partial charge is 0.0505 e. The van der Waals surface area contributed by atoms with Crippen molar-refractivity contribution in [3.8, 4) is 0 Å². The molecule has 0 radical (unpaired) electrons. The van der Waals surface area contributed by atoms with E-state index in [0.29, 0.717) is 0 Å². The van der Waals surface area contributed by atoms with Crippen LogP contribution in [0.15, 0.2) is 229 Å². The molecule has 2 fully saturated rings. The van der Waals surface area contributed by atoms with Crippen molar-refractivity contribution in [2.75, 3.05) is 72.1 Å². The second-order valence-electron chi connectivity index (χ2n) is 23.7. The molecule has 114 heavy (non-hydrogen) atoms. The van der Waals surface area contributed by atoms with Crippen molar-refractivity contribution in [3.63, 3.8) is 0 Å². The van der Waals surface area contributed by atoms with Crippen LogP contribution in [0.5, 0.6) is 0 Å². The van der Waals surface area contributed by atoms with Crippen LogP contribution in [0.2, 0.25) is 0 Å². The molecule has 3 aliphatic rings. The van der Waals surface area contributed by atoms with Gasteiger partial charge < -0.3 is 0 Å². The third kappa shape index (κ3) is 58.4. The summed E-state index contributed by atoms with van der Waals surface area (Å²) in [6.07, 6.45) is 9.43. The van der Waals surface area contributed by atoms with Crippen LogP contribution in [-0.2, 0) is 110 Å². The third-order valence-corrected chi connectivity index (χ3v) is 33.0. The molecule has 27 heteroatoms. The summed E-state index contributed by atoms with van der Waals surface area (Å²) in [7, 11) is 13.2. The summed E-state index contributed by atoms with van der Waals surface area (Å²) in [5, 5.41) is 9.34. The molecule has 12 rings (SSSR count). The van der Waals surface area contributed by atoms with Gasteiger partial charge in [-0.05, 0) is 230 Å². The SMILES string of the molecule is C1=CSSS1.C1SCSS1.C1SCSS1.SCCc1cc(CCS)cc(CCS)c1.SCCc1ccc(CCS)c(CCS)c1.SCCc1cccc(CCS)c1CCS.SCc1cc(CS)cc(CS)c1.SCc1ccc(CS)c(CS)c1.SCc1cccc(CS)c1CS.c1ccccc1.c1ccccc1.c1ccccc1. The Balaban J connectivity index is 0.000000634. The molecule has 3 heterocycles. The Bertz CT molecular complexity index is 3340. The standard InChI is InChI=1S/3C12H18S3.3C9H12S3.3C6H6.2C2H4S3.C2H2S3/c13-4-1-10-7-11(2-5-14)9-12(8-10)3-6-15;13-6-3-10-1-2-11(4-7-14)12(9-10)5-8-15;13-7-4-10-2-1-3-11(5-8-14)12(10)6-9-15;10-4-7-1-8(5-11)3-9(2-7)6-12;10-4-7-1-2-8(5-11)9(3-7)6-12;10-4-7-2-1-3-8(5-11)9(7)6-12;3*1-2-4-6-5-3-1;2*1-3-2-5-4-1;1-2-4-5-3-1/h7-9,13-15H,1-6H2;1-2,9,13-15H,3-8H2;1-3,13-15H,4-9H2;3*1-3,10-12H,4-6H2;3*1-6H;2*1-2H2;1-2H. The minimum atomic E-state index is 0.770. The van der Waals surface area contributed by atoms with Gasteiger partial charge in [0.1, 0.15) is 0 Å². The first-order chi connectivity index (χ1) is 55.9. The molecule has 9 aromatic carbocycles. The topological polar surface area (TPSA) is 0 Å². The summed E-state index contributed by atoms with van der Waals surface area (Å²) >= 11 is 80.8. The lowest BCUT2D eigenvalue weighted by Gasteiger charge is -2.13. The van der Waals surface area contributed by atoms with Crippen molar-refractivity contribution < 1.29 is 0 Å². The van der Waals surface area contributed by atoms with Gasteiger partial charge in [-0.1, -0.05) is 283 Å². The maximum absolute atomic E-state index is 4.32. The highest BCUT2D eigenvalue weighted by molar-refractivity contribution is 9.11. The van der Waals surface area contributed by atoms with Gasteiger partial charge in [-0.15, -0.1) is 23.5 Å². The summed E-state index contributed by atoms with van der Waals surface area (Å²) < 4.78 is 0. The first kappa shape index (κ1) is 114. The Morgan fingerprint density at radius 1 is 0.193 bits per heavy atom. The monoisotopic (exact) mass is 2030 g/mol. The fourth-order valence-electron chi connectivity index (χ4n) is 10.2. The highest BCUT2D eigenvalue weighted by Gasteiger charge is 2.09. The van der Waals surface area contributed by atoms with E-state index in [1.807, 2.05) is 182 Å². The number of aryl methyl sites for hydroxylation is 8. The summed E-state index contributed by atoms with van der Waals surface area (Å²) in [5.74, 6) is 15.2. The second-order valence-corrected chi connectivity index (χ2v) is 42.7. The number of benzene rings is 9. The van der Waals surface area contributed by atoms with E-state index in [2.05, 4.69) is 341 Å². The lowest BCUT2D eigenvalue weighted by molar-refractivity contribution is 0.999. The van der Waals surface area contributed by atoms with Gasteiger partial charge >= 0.3 is 0 Å². The molecular formula is C87H118S27. The number of thioether (sulfide) groups is 2. The number of hydrogen-bond donors (Lipinski definition) is 18. The summed E-state index contributed by atoms with van der Waals surface area (Å²) in [6, 6.07) is 75.1. The van der Waals surface area contributed by atoms with Crippen molar-refractivity contribution in [2.45, 2.75) is 110 Å². The zero-order valence-corrected chi connectivity index (χ0v) is 88.0. The maximum atomic E-state index is 4.32. The Morgan fingerprint density at radius 2 is 0.474 bits per heavy atom. The van der Waals surface area contributed by atoms with Crippen LogP contribution in [0, 0.1) is 0 Å². The van der Waals surface area contributed by atoms with Crippen molar-refractivity contribution >= 4 is 325 Å². The zero-order valence-electron chi connectivity index (χ0n) is 64.6. The highest BCUT2D eigenvalue weighted by Crippen LogP contribution is 2.43. The molecule has 3 aliphatic heterocycles. The Labute approximate surface area is 825 Å². The fourth-order valence-corrected chi connectivity index (χ4v) is 26.5. The largest absolute Gasteiger partial charge is 0.179 e. The Kier molecular flexibility index (Phi) is 83.5. The van der Waals surface area contributed by atoms with Gasteiger partial charge in [0.15, 0.2) is 0 Å². The van der Waals surface area contributed by atoms with E-state index in [-0.39, 0.29) is 0 Å². The highest BCUT2D eigenvalue weighted by atomic mass is 33.5. The molecule has 628 valence electrons. The second kappa shape index (κ2) is 83.4. The van der Waals surface area contributed by atoms with Gasteiger partial charge in [0.25, 0.3) is 0 Å². The van der Waals surface area contributed by atoms with E-state index < -0.39 is 0 Å².